The molecule has 2 aliphatic heterocycles. The van der Waals surface area contributed by atoms with Crippen LogP contribution in [0.4, 0.5) is 5.69 Å². The van der Waals surface area contributed by atoms with Crippen molar-refractivity contribution in [1.82, 2.24) is 34.9 Å². The minimum atomic E-state index is -1.04. The van der Waals surface area contributed by atoms with E-state index in [2.05, 4.69) is 95.5 Å². The number of rotatable bonds is 15. The second kappa shape index (κ2) is 21.2. The van der Waals surface area contributed by atoms with Crippen LogP contribution in [-0.4, -0.2) is 73.5 Å². The summed E-state index contributed by atoms with van der Waals surface area (Å²) in [7, 11) is 0. The third-order valence-corrected chi connectivity index (χ3v) is 13.6. The lowest BCUT2D eigenvalue weighted by molar-refractivity contribution is -0.119. The number of aryl methyl sites for hydroxylation is 2. The van der Waals surface area contributed by atoms with Crippen LogP contribution in [0.15, 0.2) is 163 Å². The number of nitrogens with zero attached hydrogens (tertiary/aromatic N) is 10. The van der Waals surface area contributed by atoms with Crippen molar-refractivity contribution >= 4 is 23.2 Å². The van der Waals surface area contributed by atoms with E-state index < -0.39 is 5.54 Å². The molecule has 0 atom stereocenters. The van der Waals surface area contributed by atoms with Crippen molar-refractivity contribution in [3.63, 3.8) is 0 Å². The fourth-order valence-corrected chi connectivity index (χ4v) is 10.4. The quantitative estimate of drug-likeness (QED) is 0.0731. The minimum absolute atomic E-state index is 0.0518. The fraction of sp³-hybridized carbons (Fsp3) is 0.263. The normalized spacial score (nSPS) is 14.1. The van der Waals surface area contributed by atoms with E-state index in [-0.39, 0.29) is 17.9 Å². The summed E-state index contributed by atoms with van der Waals surface area (Å²) >= 11 is 7.04. The van der Waals surface area contributed by atoms with Crippen molar-refractivity contribution in [3.05, 3.63) is 213 Å². The number of hydrogen-bond donors (Lipinski definition) is 0. The Morgan fingerprint density at radius 2 is 1.33 bits per heavy atom. The van der Waals surface area contributed by atoms with Gasteiger partial charge in [-0.2, -0.15) is 10.5 Å². The number of piperidine rings is 1. The maximum absolute atomic E-state index is 14.7. The van der Waals surface area contributed by atoms with Crippen molar-refractivity contribution in [2.24, 2.45) is 0 Å². The number of halogens is 1. The van der Waals surface area contributed by atoms with Crippen LogP contribution in [0.3, 0.4) is 0 Å². The summed E-state index contributed by atoms with van der Waals surface area (Å²) in [5.41, 5.74) is 8.81. The minimum Gasteiger partial charge on any atom is -0.354 e. The van der Waals surface area contributed by atoms with E-state index in [1.54, 1.807) is 4.80 Å². The summed E-state index contributed by atoms with van der Waals surface area (Å²) < 4.78 is 0. The molecule has 0 N–H and O–H groups in total. The highest BCUT2D eigenvalue weighted by Gasteiger charge is 2.43. The molecule has 2 fully saturated rings. The molecule has 1 amide bonds. The van der Waals surface area contributed by atoms with Crippen molar-refractivity contribution in [2.45, 2.75) is 64.7 Å². The smallest absolute Gasteiger partial charge is 0.229 e. The second-order valence-electron chi connectivity index (χ2n) is 18.1. The van der Waals surface area contributed by atoms with E-state index in [1.165, 1.54) is 19.3 Å². The van der Waals surface area contributed by atoms with Crippen molar-refractivity contribution in [3.8, 4) is 23.5 Å². The molecule has 0 aliphatic carbocycles. The number of anilines is 1. The number of likely N-dealkylation sites (tertiary alicyclic amines) is 1. The lowest BCUT2D eigenvalue weighted by Crippen LogP contribution is -2.40. The van der Waals surface area contributed by atoms with E-state index in [4.69, 9.17) is 21.9 Å². The van der Waals surface area contributed by atoms with Gasteiger partial charge >= 0.3 is 0 Å². The molecule has 7 aromatic rings. The van der Waals surface area contributed by atoms with Crippen LogP contribution in [0.2, 0.25) is 5.02 Å². The average molecular weight is 932 g/mol. The molecule has 6 aromatic carbocycles. The van der Waals surface area contributed by atoms with Crippen LogP contribution < -0.4 is 4.90 Å². The molecule has 2 saturated heterocycles. The number of tetrazole rings is 1. The van der Waals surface area contributed by atoms with Gasteiger partial charge in [-0.1, -0.05) is 163 Å². The Balaban J connectivity index is 1.00. The van der Waals surface area contributed by atoms with Crippen molar-refractivity contribution in [1.29, 1.82) is 10.5 Å². The Labute approximate surface area is 410 Å². The van der Waals surface area contributed by atoms with Gasteiger partial charge in [0.05, 0.1) is 6.54 Å². The SMILES string of the molecule is Cc1cc(C)cc(CN2CCN(CCC(=O)N(Cc3ccc(-c4nnn(C(c5ccccc5)(c5ccccc5)c5ccccc5Cl)n4)cc3)c3cccc(CN4CCCCC4)c3)C2=C(C#N)C#N)c1. The molecule has 1 aromatic heterocycles. The Bertz CT molecular complexity index is 2950. The Morgan fingerprint density at radius 1 is 0.681 bits per heavy atom. The summed E-state index contributed by atoms with van der Waals surface area (Å²) in [6.07, 6.45) is 3.84. The first-order valence-electron chi connectivity index (χ1n) is 23.7. The maximum atomic E-state index is 14.7. The largest absolute Gasteiger partial charge is 0.354 e. The third kappa shape index (κ3) is 10.2. The van der Waals surface area contributed by atoms with Gasteiger partial charge in [0.25, 0.3) is 0 Å². The van der Waals surface area contributed by atoms with Gasteiger partial charge in [0.15, 0.2) is 11.1 Å². The molecular formula is C57H55ClN10O. The summed E-state index contributed by atoms with van der Waals surface area (Å²) in [6, 6.07) is 55.0. The summed E-state index contributed by atoms with van der Waals surface area (Å²) in [6.45, 7) is 9.60. The van der Waals surface area contributed by atoms with Crippen molar-refractivity contribution < 1.29 is 4.79 Å². The highest BCUT2D eigenvalue weighted by Crippen LogP contribution is 2.43. The number of aromatic nitrogens is 4. The summed E-state index contributed by atoms with van der Waals surface area (Å²) in [4.78, 5) is 24.9. The second-order valence-corrected chi connectivity index (χ2v) is 18.5. The zero-order valence-corrected chi connectivity index (χ0v) is 39.9. The highest BCUT2D eigenvalue weighted by atomic mass is 35.5. The van der Waals surface area contributed by atoms with Gasteiger partial charge in [-0.05, 0) is 91.0 Å². The van der Waals surface area contributed by atoms with Crippen LogP contribution >= 0.6 is 11.6 Å². The third-order valence-electron chi connectivity index (χ3n) is 13.2. The van der Waals surface area contributed by atoms with E-state index in [0.717, 1.165) is 75.4 Å². The van der Waals surface area contributed by atoms with E-state index in [1.807, 2.05) is 107 Å². The molecular weight excluding hydrogens is 876 g/mol. The number of carbonyl (C=O) groups is 1. The number of hydrogen-bond acceptors (Lipinski definition) is 9. The molecule has 11 nitrogen and oxygen atoms in total. The molecule has 12 heteroatoms. The average Bonchev–Trinajstić information content (AvgIpc) is 4.03. The molecule has 0 saturated carbocycles. The Morgan fingerprint density at radius 3 is 2.00 bits per heavy atom. The standard InChI is InChI=1S/C57H55ClN10O/c1-42-33-43(2)35-46(34-42)40-66-32-31-65(56(66)48(37-59)38-60)30-27-54(69)67(51-20-14-15-45(36-51)39-64-28-12-5-13-29-64)41-44-23-25-47(26-24-44)55-61-63-68(62-55)57(49-16-6-3-7-17-49,50-18-8-4-9-19-50)52-21-10-11-22-53(52)58/h3-4,6-11,14-26,33-36H,5,12-13,27-32,39-41H2,1-2H3. The predicted molar refractivity (Wildman–Crippen MR) is 270 cm³/mol. The number of carbonyl (C=O) groups excluding carboxylic acids is 1. The molecule has 69 heavy (non-hydrogen) atoms. The Hall–Kier alpha value is -7.57. The number of benzene rings is 6. The van der Waals surface area contributed by atoms with Crippen LogP contribution in [0.25, 0.3) is 11.4 Å². The van der Waals surface area contributed by atoms with E-state index in [0.29, 0.717) is 49.4 Å². The van der Waals surface area contributed by atoms with Gasteiger partial charge in [-0.15, -0.1) is 15.0 Å². The van der Waals surface area contributed by atoms with Gasteiger partial charge in [-0.25, -0.2) is 0 Å². The lowest BCUT2D eigenvalue weighted by Gasteiger charge is -2.34. The van der Waals surface area contributed by atoms with Gasteiger partial charge in [-0.3, -0.25) is 9.69 Å². The van der Waals surface area contributed by atoms with Crippen LogP contribution in [0, 0.1) is 36.5 Å². The number of allylic oxidation sites excluding steroid dienone is 1. The first kappa shape index (κ1) is 46.5. The van der Waals surface area contributed by atoms with E-state index >= 15 is 0 Å². The summed E-state index contributed by atoms with van der Waals surface area (Å²) in [5, 5.41) is 35.2. The lowest BCUT2D eigenvalue weighted by atomic mass is 9.77. The molecule has 2 aliphatic rings. The van der Waals surface area contributed by atoms with Gasteiger partial charge < -0.3 is 14.7 Å². The van der Waals surface area contributed by atoms with Gasteiger partial charge in [0, 0.05) is 61.0 Å². The monoisotopic (exact) mass is 930 g/mol. The molecule has 0 bridgehead atoms. The maximum Gasteiger partial charge on any atom is 0.229 e. The van der Waals surface area contributed by atoms with Gasteiger partial charge in [0.2, 0.25) is 11.7 Å². The first-order chi connectivity index (χ1) is 33.7. The molecule has 0 unspecified atom stereocenters. The summed E-state index contributed by atoms with van der Waals surface area (Å²) in [5.74, 6) is 0.970. The molecule has 9 rings (SSSR count). The number of nitriles is 2. The molecule has 3 heterocycles. The Kier molecular flexibility index (Phi) is 14.3. The number of amides is 1. The fourth-order valence-electron chi connectivity index (χ4n) is 10.1. The molecule has 0 spiro atoms. The van der Waals surface area contributed by atoms with Gasteiger partial charge in [0.1, 0.15) is 18.0 Å². The zero-order chi connectivity index (χ0) is 47.7. The zero-order valence-electron chi connectivity index (χ0n) is 39.2. The van der Waals surface area contributed by atoms with Crippen molar-refractivity contribution in [2.75, 3.05) is 37.6 Å². The van der Waals surface area contributed by atoms with Crippen LogP contribution in [0.5, 0.6) is 0 Å². The molecule has 0 radical (unpaired) electrons. The van der Waals surface area contributed by atoms with E-state index in [9.17, 15) is 15.3 Å². The highest BCUT2D eigenvalue weighted by molar-refractivity contribution is 6.31. The van der Waals surface area contributed by atoms with Crippen LogP contribution in [0.1, 0.15) is 70.2 Å². The predicted octanol–water partition coefficient (Wildman–Crippen LogP) is 10.4. The van der Waals surface area contributed by atoms with Crippen LogP contribution in [-0.2, 0) is 30.0 Å². The topological polar surface area (TPSA) is 121 Å². The first-order valence-corrected chi connectivity index (χ1v) is 24.1. The molecule has 346 valence electrons.